The number of piperidine rings is 1. The molecule has 35 heavy (non-hydrogen) atoms. The molecular formula is C22H15B3ClF2N3O4. The van der Waals surface area contributed by atoms with Gasteiger partial charge >= 0.3 is 5.92 Å². The van der Waals surface area contributed by atoms with E-state index >= 15 is 0 Å². The summed E-state index contributed by atoms with van der Waals surface area (Å²) in [6.07, 6.45) is -0.0980. The minimum Gasteiger partial charge on any atom is -0.393 e. The molecule has 0 aliphatic carbocycles. The van der Waals surface area contributed by atoms with E-state index in [4.69, 9.17) is 35.3 Å². The Morgan fingerprint density at radius 3 is 2.46 bits per heavy atom. The van der Waals surface area contributed by atoms with E-state index in [0.717, 1.165) is 17.0 Å². The van der Waals surface area contributed by atoms with Gasteiger partial charge in [-0.2, -0.15) is 8.78 Å². The predicted molar refractivity (Wildman–Crippen MR) is 124 cm³/mol. The number of rotatable bonds is 5. The van der Waals surface area contributed by atoms with E-state index in [1.54, 1.807) is 0 Å². The van der Waals surface area contributed by atoms with Crippen LogP contribution in [0.4, 0.5) is 8.78 Å². The van der Waals surface area contributed by atoms with Crippen molar-refractivity contribution in [1.29, 1.82) is 0 Å². The molecule has 0 spiro atoms. The molecule has 1 saturated heterocycles. The molecule has 0 aromatic heterocycles. The second kappa shape index (κ2) is 8.82. The van der Waals surface area contributed by atoms with Gasteiger partial charge in [0.15, 0.2) is 0 Å². The number of hydrogen-bond donors (Lipinski definition) is 1. The minimum atomic E-state index is -3.97. The molecule has 6 radical (unpaired) electrons. The topological polar surface area (TPSA) is 86.8 Å². The quantitative estimate of drug-likeness (QED) is 0.507. The van der Waals surface area contributed by atoms with Crippen LogP contribution < -0.4 is 5.32 Å². The van der Waals surface area contributed by atoms with Crippen LogP contribution in [0, 0.1) is 0 Å². The molecule has 172 valence electrons. The molecule has 0 saturated carbocycles. The Labute approximate surface area is 208 Å². The summed E-state index contributed by atoms with van der Waals surface area (Å²) in [5.74, 6) is -9.01. The van der Waals surface area contributed by atoms with Crippen molar-refractivity contribution in [1.82, 2.24) is 15.0 Å². The maximum Gasteiger partial charge on any atom is 0.348 e. The number of amides is 4. The fourth-order valence-corrected chi connectivity index (χ4v) is 4.18. The fourth-order valence-electron chi connectivity index (χ4n) is 4.05. The van der Waals surface area contributed by atoms with Crippen molar-refractivity contribution in [2.24, 2.45) is 0 Å². The SMILES string of the molecule is [B]C(c1ccc2c(c1)CN([C@@]1([B])CCC(=O)NC1=O)C2=O)N([B])C(=O)C(F)(F)c1ccc(Cl)cc1. The number of carbonyl (C=O) groups is 4. The average Bonchev–Trinajstić information content (AvgIpc) is 3.16. The highest BCUT2D eigenvalue weighted by molar-refractivity contribution is 6.32. The van der Waals surface area contributed by atoms with E-state index < -0.39 is 46.5 Å². The van der Waals surface area contributed by atoms with Crippen LogP contribution in [0.2, 0.25) is 5.02 Å². The second-order valence-electron chi connectivity index (χ2n) is 8.35. The molecule has 0 bridgehead atoms. The molecule has 2 aromatic carbocycles. The van der Waals surface area contributed by atoms with Crippen LogP contribution in [0.3, 0.4) is 0 Å². The Hall–Kier alpha value is -3.14. The van der Waals surface area contributed by atoms with E-state index in [1.165, 1.54) is 30.3 Å². The first-order valence-corrected chi connectivity index (χ1v) is 10.8. The Morgan fingerprint density at radius 2 is 1.83 bits per heavy atom. The highest BCUT2D eigenvalue weighted by Crippen LogP contribution is 2.36. The first kappa shape index (κ1) is 25.0. The highest BCUT2D eigenvalue weighted by Gasteiger charge is 2.48. The number of nitrogens with zero attached hydrogens (tertiary/aromatic N) is 2. The summed E-state index contributed by atoms with van der Waals surface area (Å²) in [5, 5.41) is 2.35. The van der Waals surface area contributed by atoms with Crippen LogP contribution in [0.25, 0.3) is 0 Å². The monoisotopic (exact) mass is 491 g/mol. The maximum atomic E-state index is 14.7. The Bertz CT molecular complexity index is 1250. The number of nitrogens with one attached hydrogen (secondary N) is 1. The van der Waals surface area contributed by atoms with Crippen molar-refractivity contribution in [2.45, 2.75) is 36.7 Å². The van der Waals surface area contributed by atoms with E-state index in [1.807, 2.05) is 0 Å². The van der Waals surface area contributed by atoms with Gasteiger partial charge in [-0.15, -0.1) is 0 Å². The minimum absolute atomic E-state index is 0.0371. The van der Waals surface area contributed by atoms with Crippen LogP contribution in [-0.4, -0.2) is 62.5 Å². The third-order valence-electron chi connectivity index (χ3n) is 6.15. The summed E-state index contributed by atoms with van der Waals surface area (Å²) in [6, 6.07) is 8.63. The summed E-state index contributed by atoms with van der Waals surface area (Å²) in [4.78, 5) is 50.6. The van der Waals surface area contributed by atoms with E-state index in [0.29, 0.717) is 5.56 Å². The molecule has 4 rings (SSSR count). The molecule has 2 aromatic rings. The van der Waals surface area contributed by atoms with Crippen molar-refractivity contribution in [3.63, 3.8) is 0 Å². The lowest BCUT2D eigenvalue weighted by molar-refractivity contribution is -0.154. The molecule has 2 atom stereocenters. The first-order chi connectivity index (χ1) is 16.4. The number of halogens is 3. The van der Waals surface area contributed by atoms with Crippen molar-refractivity contribution < 1.29 is 28.0 Å². The van der Waals surface area contributed by atoms with Crippen molar-refractivity contribution >= 4 is 58.9 Å². The second-order valence-corrected chi connectivity index (χ2v) is 8.78. The Morgan fingerprint density at radius 1 is 1.17 bits per heavy atom. The largest absolute Gasteiger partial charge is 0.393 e. The van der Waals surface area contributed by atoms with Gasteiger partial charge in [0.05, 0.1) is 5.44 Å². The van der Waals surface area contributed by atoms with Gasteiger partial charge in [-0.05, 0) is 35.7 Å². The lowest BCUT2D eigenvalue weighted by Crippen LogP contribution is -2.63. The zero-order valence-corrected chi connectivity index (χ0v) is 18.9. The van der Waals surface area contributed by atoms with Gasteiger partial charge < -0.3 is 9.71 Å². The number of hydrogen-bond acceptors (Lipinski definition) is 4. The normalized spacial score (nSPS) is 20.9. The zero-order valence-electron chi connectivity index (χ0n) is 18.1. The molecule has 2 aliphatic rings. The molecule has 2 aliphatic heterocycles. The summed E-state index contributed by atoms with van der Waals surface area (Å²) >= 11 is 5.72. The zero-order chi connectivity index (χ0) is 25.7. The lowest BCUT2D eigenvalue weighted by atomic mass is 9.70. The third-order valence-corrected chi connectivity index (χ3v) is 6.40. The van der Waals surface area contributed by atoms with E-state index in [2.05, 4.69) is 5.32 Å². The number of alkyl halides is 2. The van der Waals surface area contributed by atoms with Crippen LogP contribution in [-0.2, 0) is 26.9 Å². The van der Waals surface area contributed by atoms with Crippen molar-refractivity contribution in [3.8, 4) is 0 Å². The third kappa shape index (κ3) is 4.24. The van der Waals surface area contributed by atoms with E-state index in [9.17, 15) is 28.0 Å². The van der Waals surface area contributed by atoms with Gasteiger partial charge in [0.25, 0.3) is 11.8 Å². The van der Waals surface area contributed by atoms with Crippen molar-refractivity contribution in [2.75, 3.05) is 0 Å². The Balaban J connectivity index is 1.55. The number of imide groups is 1. The van der Waals surface area contributed by atoms with Crippen LogP contribution in [0.1, 0.15) is 45.8 Å². The van der Waals surface area contributed by atoms with Gasteiger partial charge in [-0.25, -0.2) is 0 Å². The fraction of sp³-hybridized carbons (Fsp3) is 0.273. The highest BCUT2D eigenvalue weighted by atomic mass is 35.5. The molecule has 1 unspecified atom stereocenters. The van der Waals surface area contributed by atoms with Gasteiger partial charge in [-0.1, -0.05) is 35.9 Å². The average molecular weight is 491 g/mol. The predicted octanol–water partition coefficient (Wildman–Crippen LogP) is 1.47. The van der Waals surface area contributed by atoms with Crippen LogP contribution in [0.5, 0.6) is 0 Å². The van der Waals surface area contributed by atoms with Gasteiger partial charge in [0, 0.05) is 35.1 Å². The number of benzene rings is 2. The maximum absolute atomic E-state index is 14.7. The summed E-state index contributed by atoms with van der Waals surface area (Å²) in [6.45, 7) is -0.0910. The van der Waals surface area contributed by atoms with Gasteiger partial charge in [0.2, 0.25) is 19.8 Å². The standard InChI is InChI=1S/C22H15B3ClF2N3O4/c23-17(31(25)20(35)22(27,28)13-2-4-14(26)5-3-13)11-1-6-15-12(9-11)10-30(18(15)33)21(24)8-7-16(32)29-19(21)34/h1-6,9,17H,7-8,10H2,(H,29,32,34)/t17?,21-/m0/s1. The number of carbonyl (C=O) groups excluding carboxylic acids is 4. The molecule has 7 nitrogen and oxygen atoms in total. The summed E-state index contributed by atoms with van der Waals surface area (Å²) in [5.41, 5.74) is -1.54. The smallest absolute Gasteiger partial charge is 0.348 e. The molecule has 2 heterocycles. The molecule has 13 heteroatoms. The van der Waals surface area contributed by atoms with Crippen LogP contribution in [0.15, 0.2) is 42.5 Å². The molecule has 1 fully saturated rings. The van der Waals surface area contributed by atoms with E-state index in [-0.39, 0.29) is 40.3 Å². The molecule has 1 N–H and O–H groups in total. The summed E-state index contributed by atoms with van der Waals surface area (Å²) < 4.78 is 29.5. The first-order valence-electron chi connectivity index (χ1n) is 10.4. The van der Waals surface area contributed by atoms with Crippen LogP contribution >= 0.6 is 11.6 Å². The van der Waals surface area contributed by atoms with Gasteiger partial charge in [0.1, 0.15) is 15.7 Å². The molecular weight excluding hydrogens is 476 g/mol. The van der Waals surface area contributed by atoms with Gasteiger partial charge in [-0.3, -0.25) is 24.5 Å². The summed E-state index contributed by atoms with van der Waals surface area (Å²) in [7, 11) is 17.9. The lowest BCUT2D eigenvalue weighted by Gasteiger charge is -2.40. The van der Waals surface area contributed by atoms with Crippen molar-refractivity contribution in [3.05, 3.63) is 69.7 Å². The number of fused-ring (bicyclic) bond motifs is 1. The molecule has 4 amide bonds. The Kier molecular flexibility index (Phi) is 6.29.